The molecular formula is C12H12O2. The van der Waals surface area contributed by atoms with Gasteiger partial charge in [0.2, 0.25) is 0 Å². The van der Waals surface area contributed by atoms with E-state index in [-0.39, 0.29) is 6.42 Å². The third kappa shape index (κ3) is 1.43. The highest BCUT2D eigenvalue weighted by Crippen LogP contribution is 2.36. The molecule has 14 heavy (non-hydrogen) atoms. The minimum absolute atomic E-state index is 0.126. The van der Waals surface area contributed by atoms with Crippen molar-refractivity contribution in [1.82, 2.24) is 0 Å². The van der Waals surface area contributed by atoms with Gasteiger partial charge in [0, 0.05) is 5.92 Å². The molecule has 0 aromatic heterocycles. The Morgan fingerprint density at radius 1 is 1.43 bits per heavy atom. The van der Waals surface area contributed by atoms with Gasteiger partial charge in [0.1, 0.15) is 0 Å². The number of carboxylic acid groups (broad SMARTS) is 1. The molecule has 0 spiro atoms. The monoisotopic (exact) mass is 188 g/mol. The minimum Gasteiger partial charge on any atom is -0.481 e. The highest BCUT2D eigenvalue weighted by atomic mass is 16.4. The molecule has 0 saturated heterocycles. The number of carbonyl (C=O) groups is 1. The lowest BCUT2D eigenvalue weighted by Gasteiger charge is -2.04. The number of carboxylic acids is 1. The molecule has 2 rings (SSSR count). The van der Waals surface area contributed by atoms with E-state index < -0.39 is 5.97 Å². The van der Waals surface area contributed by atoms with Crippen LogP contribution in [0, 0.1) is 0 Å². The fourth-order valence-corrected chi connectivity index (χ4v) is 1.98. The second-order valence-corrected chi connectivity index (χ2v) is 3.64. The van der Waals surface area contributed by atoms with Gasteiger partial charge >= 0.3 is 5.97 Å². The zero-order valence-corrected chi connectivity index (χ0v) is 8.03. The maximum absolute atomic E-state index is 10.6. The van der Waals surface area contributed by atoms with Crippen molar-refractivity contribution in [2.45, 2.75) is 19.3 Å². The van der Waals surface area contributed by atoms with Crippen LogP contribution < -0.4 is 0 Å². The first-order chi connectivity index (χ1) is 6.68. The Morgan fingerprint density at radius 3 is 2.86 bits per heavy atom. The van der Waals surface area contributed by atoms with Crippen molar-refractivity contribution in [2.24, 2.45) is 0 Å². The van der Waals surface area contributed by atoms with Crippen LogP contribution in [-0.4, -0.2) is 11.1 Å². The SMILES string of the molecule is CC1C=C(CC(=O)O)c2ccccc21. The highest BCUT2D eigenvalue weighted by molar-refractivity contribution is 5.87. The summed E-state index contributed by atoms with van der Waals surface area (Å²) in [5.41, 5.74) is 3.28. The van der Waals surface area contributed by atoms with Crippen molar-refractivity contribution < 1.29 is 9.90 Å². The standard InChI is InChI=1S/C12H12O2/c1-8-6-9(7-12(13)14)11-5-3-2-4-10(8)11/h2-6,8H,7H2,1H3,(H,13,14). The van der Waals surface area contributed by atoms with Gasteiger partial charge in [-0.15, -0.1) is 0 Å². The van der Waals surface area contributed by atoms with E-state index in [1.807, 2.05) is 24.3 Å². The van der Waals surface area contributed by atoms with Crippen LogP contribution in [0.15, 0.2) is 30.3 Å². The average molecular weight is 188 g/mol. The molecule has 0 bridgehead atoms. The van der Waals surface area contributed by atoms with E-state index in [9.17, 15) is 4.79 Å². The fourth-order valence-electron chi connectivity index (χ4n) is 1.98. The Morgan fingerprint density at radius 2 is 2.14 bits per heavy atom. The normalized spacial score (nSPS) is 18.9. The van der Waals surface area contributed by atoms with Crippen molar-refractivity contribution in [3.8, 4) is 0 Å². The maximum Gasteiger partial charge on any atom is 0.307 e. The molecule has 0 radical (unpaired) electrons. The molecule has 0 saturated carbocycles. The van der Waals surface area contributed by atoms with E-state index in [2.05, 4.69) is 13.0 Å². The first-order valence-electron chi connectivity index (χ1n) is 4.70. The van der Waals surface area contributed by atoms with Crippen LogP contribution >= 0.6 is 0 Å². The number of aliphatic carboxylic acids is 1. The second-order valence-electron chi connectivity index (χ2n) is 3.64. The van der Waals surface area contributed by atoms with Crippen LogP contribution in [0.3, 0.4) is 0 Å². The zero-order chi connectivity index (χ0) is 10.1. The van der Waals surface area contributed by atoms with Crippen molar-refractivity contribution in [3.63, 3.8) is 0 Å². The van der Waals surface area contributed by atoms with E-state index >= 15 is 0 Å². The number of fused-ring (bicyclic) bond motifs is 1. The molecule has 72 valence electrons. The van der Waals surface area contributed by atoms with Crippen LogP contribution in [0.4, 0.5) is 0 Å². The number of hydrogen-bond acceptors (Lipinski definition) is 1. The molecule has 0 fully saturated rings. The summed E-state index contributed by atoms with van der Waals surface area (Å²) in [6, 6.07) is 8.00. The minimum atomic E-state index is -0.764. The lowest BCUT2D eigenvalue weighted by Crippen LogP contribution is -1.95. The van der Waals surface area contributed by atoms with E-state index in [0.717, 1.165) is 11.1 Å². The Labute approximate surface area is 82.9 Å². The topological polar surface area (TPSA) is 37.3 Å². The first kappa shape index (κ1) is 9.00. The van der Waals surface area contributed by atoms with Crippen molar-refractivity contribution in [2.75, 3.05) is 0 Å². The summed E-state index contributed by atoms with van der Waals surface area (Å²) < 4.78 is 0. The van der Waals surface area contributed by atoms with Crippen molar-refractivity contribution in [3.05, 3.63) is 41.5 Å². The molecule has 1 aromatic carbocycles. The van der Waals surface area contributed by atoms with Gasteiger partial charge in [0.15, 0.2) is 0 Å². The predicted molar refractivity (Wildman–Crippen MR) is 55.1 cm³/mol. The predicted octanol–water partition coefficient (Wildman–Crippen LogP) is 2.66. The number of allylic oxidation sites excluding steroid dienone is 1. The van der Waals surface area contributed by atoms with Gasteiger partial charge in [-0.25, -0.2) is 0 Å². The molecule has 1 atom stereocenters. The summed E-state index contributed by atoms with van der Waals surface area (Å²) in [5.74, 6) is -0.416. The smallest absolute Gasteiger partial charge is 0.307 e. The number of hydrogen-bond donors (Lipinski definition) is 1. The van der Waals surface area contributed by atoms with E-state index in [0.29, 0.717) is 5.92 Å². The lowest BCUT2D eigenvalue weighted by atomic mass is 10.0. The van der Waals surface area contributed by atoms with Gasteiger partial charge in [-0.05, 0) is 16.7 Å². The van der Waals surface area contributed by atoms with Crippen LogP contribution in [0.25, 0.3) is 5.57 Å². The highest BCUT2D eigenvalue weighted by Gasteiger charge is 2.20. The first-order valence-corrected chi connectivity index (χ1v) is 4.70. The molecular weight excluding hydrogens is 176 g/mol. The van der Waals surface area contributed by atoms with E-state index in [4.69, 9.17) is 5.11 Å². The molecule has 2 heteroatoms. The van der Waals surface area contributed by atoms with Crippen LogP contribution in [0.2, 0.25) is 0 Å². The Bertz CT molecular complexity index is 405. The molecule has 0 aliphatic heterocycles. The molecule has 1 aliphatic carbocycles. The van der Waals surface area contributed by atoms with Gasteiger partial charge in [-0.2, -0.15) is 0 Å². The van der Waals surface area contributed by atoms with Gasteiger partial charge in [-0.1, -0.05) is 37.3 Å². The van der Waals surface area contributed by atoms with Gasteiger partial charge < -0.3 is 5.11 Å². The quantitative estimate of drug-likeness (QED) is 0.774. The third-order valence-corrected chi connectivity index (χ3v) is 2.59. The van der Waals surface area contributed by atoms with Crippen LogP contribution in [-0.2, 0) is 4.79 Å². The zero-order valence-electron chi connectivity index (χ0n) is 8.03. The molecule has 1 aromatic rings. The molecule has 2 nitrogen and oxygen atoms in total. The Balaban J connectivity index is 2.38. The number of rotatable bonds is 2. The third-order valence-electron chi connectivity index (χ3n) is 2.59. The summed E-state index contributed by atoms with van der Waals surface area (Å²) >= 11 is 0. The average Bonchev–Trinajstić information content (AvgIpc) is 2.44. The summed E-state index contributed by atoms with van der Waals surface area (Å²) in [7, 11) is 0. The molecule has 1 unspecified atom stereocenters. The van der Waals surface area contributed by atoms with Crippen molar-refractivity contribution >= 4 is 11.5 Å². The van der Waals surface area contributed by atoms with E-state index in [1.54, 1.807) is 0 Å². The van der Waals surface area contributed by atoms with Gasteiger partial charge in [0.05, 0.1) is 6.42 Å². The summed E-state index contributed by atoms with van der Waals surface area (Å²) in [6.45, 7) is 2.09. The van der Waals surface area contributed by atoms with Gasteiger partial charge in [-0.3, -0.25) is 4.79 Å². The molecule has 1 aliphatic rings. The molecule has 0 amide bonds. The summed E-state index contributed by atoms with van der Waals surface area (Å²) in [4.78, 5) is 10.6. The van der Waals surface area contributed by atoms with E-state index in [1.165, 1.54) is 5.56 Å². The summed E-state index contributed by atoms with van der Waals surface area (Å²) in [5, 5.41) is 8.74. The summed E-state index contributed by atoms with van der Waals surface area (Å²) in [6.07, 6.45) is 2.17. The van der Waals surface area contributed by atoms with Gasteiger partial charge in [0.25, 0.3) is 0 Å². The molecule has 1 N–H and O–H groups in total. The largest absolute Gasteiger partial charge is 0.481 e. The Hall–Kier alpha value is -1.57. The fraction of sp³-hybridized carbons (Fsp3) is 0.250. The van der Waals surface area contributed by atoms with Crippen molar-refractivity contribution in [1.29, 1.82) is 0 Å². The second kappa shape index (κ2) is 3.29. The lowest BCUT2D eigenvalue weighted by molar-refractivity contribution is -0.135. The van der Waals surface area contributed by atoms with Crippen LogP contribution in [0.5, 0.6) is 0 Å². The Kier molecular flexibility index (Phi) is 2.12. The number of benzene rings is 1. The maximum atomic E-state index is 10.6. The van der Waals surface area contributed by atoms with Crippen LogP contribution in [0.1, 0.15) is 30.4 Å². The molecule has 0 heterocycles.